The molecule has 2 N–H and O–H groups in total. The molecule has 1 fully saturated rings. The zero-order valence-corrected chi connectivity index (χ0v) is 16.7. The van der Waals surface area contributed by atoms with Crippen LogP contribution in [-0.2, 0) is 11.3 Å². The van der Waals surface area contributed by atoms with Gasteiger partial charge in [0.1, 0.15) is 5.82 Å². The number of carbonyl (C=O) groups is 1. The van der Waals surface area contributed by atoms with Gasteiger partial charge in [-0.3, -0.25) is 19.7 Å². The molecule has 0 aliphatic carbocycles. The molecule has 2 aromatic rings. The predicted octanol–water partition coefficient (Wildman–Crippen LogP) is 2.38. The molecule has 1 amide bonds. The maximum atomic E-state index is 12.8. The van der Waals surface area contributed by atoms with Crippen molar-refractivity contribution < 1.29 is 4.79 Å². The van der Waals surface area contributed by atoms with Gasteiger partial charge in [-0.25, -0.2) is 4.98 Å². The number of para-hydroxylation sites is 1. The van der Waals surface area contributed by atoms with Crippen LogP contribution in [0.4, 0.5) is 5.69 Å². The second-order valence-electron chi connectivity index (χ2n) is 7.56. The Hall–Kier alpha value is -2.25. The van der Waals surface area contributed by atoms with Crippen LogP contribution < -0.4 is 5.32 Å². The molecule has 1 atom stereocenters. The van der Waals surface area contributed by atoms with Gasteiger partial charge in [-0.15, -0.1) is 0 Å². The number of benzene rings is 1. The fourth-order valence-electron chi connectivity index (χ4n) is 3.49. The van der Waals surface area contributed by atoms with E-state index in [1.807, 2.05) is 32.0 Å². The first-order valence-corrected chi connectivity index (χ1v) is 9.68. The molecular formula is C20H30N6O. The molecule has 7 nitrogen and oxygen atoms in total. The summed E-state index contributed by atoms with van der Waals surface area (Å²) >= 11 is 0. The SMILES string of the molecule is Cc1nc(CN2CCN([C@@H](C)C(=O)Nc3ccccc3C(C)C)CC2)n[nH]1. The summed E-state index contributed by atoms with van der Waals surface area (Å²) in [6, 6.07) is 7.89. The third-order valence-corrected chi connectivity index (χ3v) is 5.18. The molecule has 0 unspecified atom stereocenters. The van der Waals surface area contributed by atoms with Crippen LogP contribution in [-0.4, -0.2) is 63.1 Å². The van der Waals surface area contributed by atoms with Crippen LogP contribution in [0.1, 0.15) is 43.9 Å². The highest BCUT2D eigenvalue weighted by atomic mass is 16.2. The van der Waals surface area contributed by atoms with Crippen LogP contribution in [0.15, 0.2) is 24.3 Å². The van der Waals surface area contributed by atoms with Gasteiger partial charge in [-0.1, -0.05) is 32.0 Å². The van der Waals surface area contributed by atoms with E-state index in [0.717, 1.165) is 50.1 Å². The summed E-state index contributed by atoms with van der Waals surface area (Å²) in [7, 11) is 0. The molecule has 0 bridgehead atoms. The predicted molar refractivity (Wildman–Crippen MR) is 107 cm³/mol. The molecule has 146 valence electrons. The van der Waals surface area contributed by atoms with Crippen molar-refractivity contribution in [3.8, 4) is 0 Å². The Morgan fingerprint density at radius 2 is 1.89 bits per heavy atom. The van der Waals surface area contributed by atoms with Gasteiger partial charge in [-0.2, -0.15) is 5.10 Å². The number of H-pyrrole nitrogens is 1. The van der Waals surface area contributed by atoms with Crippen molar-refractivity contribution in [2.24, 2.45) is 0 Å². The van der Waals surface area contributed by atoms with Crippen LogP contribution >= 0.6 is 0 Å². The maximum absolute atomic E-state index is 12.8. The summed E-state index contributed by atoms with van der Waals surface area (Å²) in [5.41, 5.74) is 2.09. The maximum Gasteiger partial charge on any atom is 0.241 e. The third-order valence-electron chi connectivity index (χ3n) is 5.18. The van der Waals surface area contributed by atoms with E-state index in [-0.39, 0.29) is 11.9 Å². The number of hydrogen-bond acceptors (Lipinski definition) is 5. The number of piperazine rings is 1. The second kappa shape index (κ2) is 8.63. The number of rotatable bonds is 6. The molecule has 1 saturated heterocycles. The zero-order valence-electron chi connectivity index (χ0n) is 16.7. The minimum absolute atomic E-state index is 0.0566. The van der Waals surface area contributed by atoms with Gasteiger partial charge in [0.05, 0.1) is 12.6 Å². The molecule has 3 rings (SSSR count). The Labute approximate surface area is 161 Å². The number of carbonyl (C=O) groups excluding carboxylic acids is 1. The molecule has 0 radical (unpaired) electrons. The molecule has 7 heteroatoms. The highest BCUT2D eigenvalue weighted by Gasteiger charge is 2.26. The Morgan fingerprint density at radius 1 is 1.19 bits per heavy atom. The number of aromatic amines is 1. The van der Waals surface area contributed by atoms with E-state index in [0.29, 0.717) is 5.92 Å². The first-order valence-electron chi connectivity index (χ1n) is 9.68. The van der Waals surface area contributed by atoms with E-state index in [1.165, 1.54) is 5.56 Å². The monoisotopic (exact) mass is 370 g/mol. The number of amides is 1. The molecule has 1 aliphatic rings. The molecule has 2 heterocycles. The number of aromatic nitrogens is 3. The lowest BCUT2D eigenvalue weighted by molar-refractivity contribution is -0.121. The Kier molecular flexibility index (Phi) is 6.23. The van der Waals surface area contributed by atoms with Crippen LogP contribution in [0.3, 0.4) is 0 Å². The highest BCUT2D eigenvalue weighted by molar-refractivity contribution is 5.95. The van der Waals surface area contributed by atoms with Crippen LogP contribution in [0, 0.1) is 6.92 Å². The van der Waals surface area contributed by atoms with Crippen LogP contribution in [0.2, 0.25) is 0 Å². The Balaban J connectivity index is 1.53. The molecule has 1 aromatic heterocycles. The van der Waals surface area contributed by atoms with Gasteiger partial charge >= 0.3 is 0 Å². The number of hydrogen-bond donors (Lipinski definition) is 2. The average Bonchev–Trinajstić information content (AvgIpc) is 3.06. The van der Waals surface area contributed by atoms with Gasteiger partial charge in [0.15, 0.2) is 5.82 Å². The van der Waals surface area contributed by atoms with E-state index in [2.05, 4.69) is 50.2 Å². The standard InChI is InChI=1S/C20H30N6O/c1-14(2)17-7-5-6-8-18(17)22-20(27)15(3)26-11-9-25(10-12-26)13-19-21-16(4)23-24-19/h5-8,14-15H,9-13H2,1-4H3,(H,22,27)(H,21,23,24)/t15-/m0/s1. The third kappa shape index (κ3) is 4.93. The van der Waals surface area contributed by atoms with Crippen molar-refractivity contribution in [1.29, 1.82) is 0 Å². The average molecular weight is 371 g/mol. The lowest BCUT2D eigenvalue weighted by atomic mass is 10.0. The quantitative estimate of drug-likeness (QED) is 0.816. The van der Waals surface area contributed by atoms with Crippen molar-refractivity contribution in [3.63, 3.8) is 0 Å². The summed E-state index contributed by atoms with van der Waals surface area (Å²) in [6.07, 6.45) is 0. The van der Waals surface area contributed by atoms with E-state index in [4.69, 9.17) is 0 Å². The number of anilines is 1. The van der Waals surface area contributed by atoms with Crippen molar-refractivity contribution >= 4 is 11.6 Å². The molecular weight excluding hydrogens is 340 g/mol. The van der Waals surface area contributed by atoms with Crippen molar-refractivity contribution in [1.82, 2.24) is 25.0 Å². The van der Waals surface area contributed by atoms with Gasteiger partial charge in [0.2, 0.25) is 5.91 Å². The summed E-state index contributed by atoms with van der Waals surface area (Å²) in [5, 5.41) is 10.2. The van der Waals surface area contributed by atoms with E-state index in [1.54, 1.807) is 0 Å². The largest absolute Gasteiger partial charge is 0.324 e. The van der Waals surface area contributed by atoms with Crippen molar-refractivity contribution in [2.45, 2.75) is 46.2 Å². The van der Waals surface area contributed by atoms with Gasteiger partial charge in [0, 0.05) is 31.9 Å². The Morgan fingerprint density at radius 3 is 2.52 bits per heavy atom. The highest BCUT2D eigenvalue weighted by Crippen LogP contribution is 2.24. The normalized spacial score (nSPS) is 17.2. The van der Waals surface area contributed by atoms with E-state index in [9.17, 15) is 4.79 Å². The zero-order chi connectivity index (χ0) is 19.4. The lowest BCUT2D eigenvalue weighted by Gasteiger charge is -2.37. The fourth-order valence-corrected chi connectivity index (χ4v) is 3.49. The number of nitrogens with zero attached hydrogens (tertiary/aromatic N) is 4. The van der Waals surface area contributed by atoms with E-state index >= 15 is 0 Å². The summed E-state index contributed by atoms with van der Waals surface area (Å²) in [4.78, 5) is 21.7. The first kappa shape index (κ1) is 19.5. The second-order valence-corrected chi connectivity index (χ2v) is 7.56. The van der Waals surface area contributed by atoms with Gasteiger partial charge in [0.25, 0.3) is 0 Å². The molecule has 0 spiro atoms. The summed E-state index contributed by atoms with van der Waals surface area (Å²) in [6.45, 7) is 12.5. The van der Waals surface area contributed by atoms with Crippen LogP contribution in [0.25, 0.3) is 0 Å². The molecule has 0 saturated carbocycles. The summed E-state index contributed by atoms with van der Waals surface area (Å²) in [5.74, 6) is 2.11. The number of nitrogens with one attached hydrogen (secondary N) is 2. The summed E-state index contributed by atoms with van der Waals surface area (Å²) < 4.78 is 0. The van der Waals surface area contributed by atoms with Crippen molar-refractivity contribution in [3.05, 3.63) is 41.5 Å². The van der Waals surface area contributed by atoms with Crippen molar-refractivity contribution in [2.75, 3.05) is 31.5 Å². The lowest BCUT2D eigenvalue weighted by Crippen LogP contribution is -2.52. The first-order chi connectivity index (χ1) is 12.9. The smallest absolute Gasteiger partial charge is 0.241 e. The van der Waals surface area contributed by atoms with Gasteiger partial charge < -0.3 is 5.32 Å². The minimum atomic E-state index is -0.155. The number of aryl methyl sites for hydroxylation is 1. The molecule has 27 heavy (non-hydrogen) atoms. The van der Waals surface area contributed by atoms with Gasteiger partial charge in [-0.05, 0) is 31.4 Å². The van der Waals surface area contributed by atoms with E-state index < -0.39 is 0 Å². The molecule has 1 aromatic carbocycles. The fraction of sp³-hybridized carbons (Fsp3) is 0.550. The Bertz CT molecular complexity index is 763. The minimum Gasteiger partial charge on any atom is -0.324 e. The van der Waals surface area contributed by atoms with Crippen LogP contribution in [0.5, 0.6) is 0 Å². The molecule has 1 aliphatic heterocycles. The topological polar surface area (TPSA) is 77.2 Å².